The largest absolute Gasteiger partial charge is 0.477 e. The molecule has 1 atom stereocenters. The Labute approximate surface area is 168 Å². The number of aliphatic imine (C=N–C) groups is 1. The van der Waals surface area contributed by atoms with Crippen molar-refractivity contribution in [3.8, 4) is 0 Å². The maximum atomic E-state index is 11.4. The van der Waals surface area contributed by atoms with Gasteiger partial charge in [-0.1, -0.05) is 90.9 Å². The smallest absolute Gasteiger partial charge is 0.359 e. The van der Waals surface area contributed by atoms with Gasteiger partial charge in [-0.2, -0.15) is 0 Å². The van der Waals surface area contributed by atoms with Crippen LogP contribution in [0.3, 0.4) is 0 Å². The second-order valence-corrected chi connectivity index (χ2v) is 8.43. The number of nitrogens with zero attached hydrogens (tertiary/aromatic N) is 2. The van der Waals surface area contributed by atoms with Crippen molar-refractivity contribution in [3.63, 3.8) is 0 Å². The molecule has 158 valence electrons. The molecule has 0 saturated carbocycles. The zero-order valence-corrected chi connectivity index (χ0v) is 18.2. The average Bonchev–Trinajstić information content (AvgIpc) is 3.02. The van der Waals surface area contributed by atoms with Crippen molar-refractivity contribution < 1.29 is 14.4 Å². The van der Waals surface area contributed by atoms with Crippen LogP contribution in [0, 0.1) is 0 Å². The highest BCUT2D eigenvalue weighted by molar-refractivity contribution is 5.80. The van der Waals surface area contributed by atoms with E-state index in [0.717, 1.165) is 44.7 Å². The van der Waals surface area contributed by atoms with Crippen LogP contribution in [-0.4, -0.2) is 47.6 Å². The number of carbonyl (C=O) groups is 1. The summed E-state index contributed by atoms with van der Waals surface area (Å²) in [4.78, 5) is 16.1. The molecule has 0 aromatic carbocycles. The Kier molecular flexibility index (Phi) is 13.5. The molecule has 4 nitrogen and oxygen atoms in total. The maximum Gasteiger partial charge on any atom is 0.359 e. The molecule has 1 rings (SSSR count). The van der Waals surface area contributed by atoms with Crippen LogP contribution in [0.4, 0.5) is 0 Å². The number of carboxylic acid groups (broad SMARTS) is 1. The summed E-state index contributed by atoms with van der Waals surface area (Å²) in [5, 5.41) is 9.36. The van der Waals surface area contributed by atoms with E-state index in [9.17, 15) is 9.90 Å². The molecule has 1 aliphatic heterocycles. The highest BCUT2D eigenvalue weighted by Gasteiger charge is 2.39. The topological polar surface area (TPSA) is 49.7 Å². The third-order valence-electron chi connectivity index (χ3n) is 6.00. The molecule has 0 amide bonds. The minimum atomic E-state index is -0.685. The van der Waals surface area contributed by atoms with Crippen molar-refractivity contribution >= 4 is 11.8 Å². The molecule has 0 aromatic rings. The normalized spacial score (nSPS) is 19.4. The van der Waals surface area contributed by atoms with E-state index in [1.807, 2.05) is 0 Å². The minimum Gasteiger partial charge on any atom is -0.477 e. The van der Waals surface area contributed by atoms with Gasteiger partial charge in [-0.15, -0.1) is 0 Å². The molecule has 0 aromatic heterocycles. The first-order valence-corrected chi connectivity index (χ1v) is 11.8. The van der Waals surface area contributed by atoms with Crippen LogP contribution in [0.2, 0.25) is 0 Å². The summed E-state index contributed by atoms with van der Waals surface area (Å²) in [6.07, 6.45) is 19.5. The lowest BCUT2D eigenvalue weighted by Gasteiger charge is -2.33. The summed E-state index contributed by atoms with van der Waals surface area (Å²) in [6.45, 7) is 7.31. The van der Waals surface area contributed by atoms with E-state index in [0.29, 0.717) is 4.48 Å². The van der Waals surface area contributed by atoms with Crippen molar-refractivity contribution in [3.05, 3.63) is 0 Å². The molecule has 0 bridgehead atoms. The summed E-state index contributed by atoms with van der Waals surface area (Å²) in [5.41, 5.74) is 0. The average molecular weight is 382 g/mol. The lowest BCUT2D eigenvalue weighted by Crippen LogP contribution is -2.54. The first-order chi connectivity index (χ1) is 13.1. The SMILES string of the molecule is CCCCCCCCCCCCCCC1=NCC[N+]1(CCCC)CC(=O)O. The molecular formula is C23H45N2O2+. The van der Waals surface area contributed by atoms with Gasteiger partial charge < -0.3 is 5.11 Å². The Morgan fingerprint density at radius 1 is 0.852 bits per heavy atom. The van der Waals surface area contributed by atoms with Crippen LogP contribution in [-0.2, 0) is 4.79 Å². The Morgan fingerprint density at radius 3 is 1.89 bits per heavy atom. The highest BCUT2D eigenvalue weighted by atomic mass is 16.4. The minimum absolute atomic E-state index is 0.219. The first-order valence-electron chi connectivity index (χ1n) is 11.8. The fourth-order valence-corrected chi connectivity index (χ4v) is 4.30. The zero-order chi connectivity index (χ0) is 19.8. The molecule has 0 saturated heterocycles. The van der Waals surface area contributed by atoms with Gasteiger partial charge in [0.05, 0.1) is 13.1 Å². The van der Waals surface area contributed by atoms with Crippen LogP contribution in [0.15, 0.2) is 4.99 Å². The van der Waals surface area contributed by atoms with E-state index in [2.05, 4.69) is 13.8 Å². The van der Waals surface area contributed by atoms with E-state index in [-0.39, 0.29) is 6.54 Å². The molecular weight excluding hydrogens is 336 g/mol. The Balaban J connectivity index is 2.13. The lowest BCUT2D eigenvalue weighted by molar-refractivity contribution is -0.829. The van der Waals surface area contributed by atoms with Crippen LogP contribution >= 0.6 is 0 Å². The van der Waals surface area contributed by atoms with Gasteiger partial charge in [0.15, 0.2) is 12.4 Å². The van der Waals surface area contributed by atoms with Crippen LogP contribution in [0.25, 0.3) is 0 Å². The number of carboxylic acids is 1. The number of amidine groups is 1. The quantitative estimate of drug-likeness (QED) is 0.227. The Hall–Kier alpha value is -0.900. The van der Waals surface area contributed by atoms with E-state index in [4.69, 9.17) is 4.99 Å². The van der Waals surface area contributed by atoms with E-state index in [1.54, 1.807) is 0 Å². The predicted molar refractivity (Wildman–Crippen MR) is 115 cm³/mol. The van der Waals surface area contributed by atoms with Gasteiger partial charge in [-0.3, -0.25) is 4.48 Å². The summed E-state index contributed by atoms with van der Waals surface area (Å²) in [6, 6.07) is 0. The molecule has 1 aliphatic rings. The van der Waals surface area contributed by atoms with Gasteiger partial charge in [-0.25, -0.2) is 9.79 Å². The third kappa shape index (κ3) is 10.3. The third-order valence-corrected chi connectivity index (χ3v) is 6.00. The second-order valence-electron chi connectivity index (χ2n) is 8.43. The molecule has 4 heteroatoms. The van der Waals surface area contributed by atoms with E-state index >= 15 is 0 Å². The monoisotopic (exact) mass is 381 g/mol. The van der Waals surface area contributed by atoms with Crippen molar-refractivity contribution in [2.75, 3.05) is 26.2 Å². The zero-order valence-electron chi connectivity index (χ0n) is 18.2. The van der Waals surface area contributed by atoms with Gasteiger partial charge in [0.1, 0.15) is 6.54 Å². The van der Waals surface area contributed by atoms with Crippen molar-refractivity contribution in [2.24, 2.45) is 4.99 Å². The highest BCUT2D eigenvalue weighted by Crippen LogP contribution is 2.21. The van der Waals surface area contributed by atoms with Gasteiger partial charge >= 0.3 is 5.97 Å². The molecule has 0 aliphatic carbocycles. The van der Waals surface area contributed by atoms with Gasteiger partial charge in [0, 0.05) is 6.42 Å². The van der Waals surface area contributed by atoms with Crippen molar-refractivity contribution in [1.82, 2.24) is 0 Å². The molecule has 0 spiro atoms. The molecule has 0 radical (unpaired) electrons. The van der Waals surface area contributed by atoms with Crippen molar-refractivity contribution in [1.29, 1.82) is 0 Å². The van der Waals surface area contributed by atoms with Gasteiger partial charge in [-0.05, 0) is 12.8 Å². The fourth-order valence-electron chi connectivity index (χ4n) is 4.30. The first kappa shape index (κ1) is 24.1. The summed E-state index contributed by atoms with van der Waals surface area (Å²) < 4.78 is 0.626. The Bertz CT molecular complexity index is 423. The summed E-state index contributed by atoms with van der Waals surface area (Å²) in [7, 11) is 0. The van der Waals surface area contributed by atoms with Crippen LogP contribution in [0.5, 0.6) is 0 Å². The molecule has 0 fully saturated rings. The number of rotatable bonds is 18. The molecule has 1 unspecified atom stereocenters. The fraction of sp³-hybridized carbons (Fsp3) is 0.913. The number of hydrogen-bond acceptors (Lipinski definition) is 2. The molecule has 1 heterocycles. The van der Waals surface area contributed by atoms with Crippen molar-refractivity contribution in [2.45, 2.75) is 110 Å². The molecule has 27 heavy (non-hydrogen) atoms. The van der Waals surface area contributed by atoms with E-state index < -0.39 is 5.97 Å². The number of unbranched alkanes of at least 4 members (excludes halogenated alkanes) is 12. The standard InChI is InChI=1S/C23H44N2O2/c1-3-5-7-8-9-10-11-12-13-14-15-16-17-22-24-18-20-25(22,19-6-4-2)21-23(26)27/h3-21H2,1-2H3/p+1. The summed E-state index contributed by atoms with van der Waals surface area (Å²) in [5.74, 6) is 0.480. The van der Waals surface area contributed by atoms with Gasteiger partial charge in [0.2, 0.25) is 0 Å². The van der Waals surface area contributed by atoms with Crippen LogP contribution in [0.1, 0.15) is 110 Å². The van der Waals surface area contributed by atoms with Crippen LogP contribution < -0.4 is 0 Å². The lowest BCUT2D eigenvalue weighted by atomic mass is 10.0. The number of aliphatic carboxylic acids is 1. The molecule has 1 N–H and O–H groups in total. The Morgan fingerprint density at radius 2 is 1.37 bits per heavy atom. The second kappa shape index (κ2) is 15.1. The maximum absolute atomic E-state index is 11.4. The van der Waals surface area contributed by atoms with Gasteiger partial charge in [0.25, 0.3) is 0 Å². The van der Waals surface area contributed by atoms with E-state index in [1.165, 1.54) is 77.0 Å². The number of hydrogen-bond donors (Lipinski definition) is 1. The summed E-state index contributed by atoms with van der Waals surface area (Å²) >= 11 is 0. The number of quaternary nitrogens is 1. The predicted octanol–water partition coefficient (Wildman–Crippen LogP) is 6.19.